The molecule has 0 aromatic rings. The first-order chi connectivity index (χ1) is 4.89. The zero-order valence-corrected chi connectivity index (χ0v) is 7.74. The third-order valence-corrected chi connectivity index (χ3v) is 2.87. The van der Waals surface area contributed by atoms with Crippen molar-refractivity contribution in [3.63, 3.8) is 0 Å². The van der Waals surface area contributed by atoms with Crippen molar-refractivity contribution in [3.05, 3.63) is 0 Å². The van der Waals surface area contributed by atoms with Gasteiger partial charge in [0.15, 0.2) is 0 Å². The predicted octanol–water partition coefficient (Wildman–Crippen LogP) is 0.947. The SMILES string of the molecule is CC.CN1C2CSCNC21. The standard InChI is InChI=1S/C5H10N2S.C2H6/c1-7-4-2-8-3-6-5(4)7;1-2/h4-6H,2-3H2,1H3;1-2H3. The number of thioether (sulfide) groups is 1. The highest BCUT2D eigenvalue weighted by Crippen LogP contribution is 2.30. The summed E-state index contributed by atoms with van der Waals surface area (Å²) in [4.78, 5) is 2.38. The number of hydrogen-bond donors (Lipinski definition) is 1. The lowest BCUT2D eigenvalue weighted by Gasteiger charge is -2.05. The second kappa shape index (κ2) is 3.60. The molecule has 60 valence electrons. The molecule has 2 fully saturated rings. The van der Waals surface area contributed by atoms with Crippen molar-refractivity contribution in [2.45, 2.75) is 26.1 Å². The van der Waals surface area contributed by atoms with Gasteiger partial charge in [-0.2, -0.15) is 0 Å². The lowest BCUT2D eigenvalue weighted by Crippen LogP contribution is -2.25. The fourth-order valence-corrected chi connectivity index (χ4v) is 2.28. The summed E-state index contributed by atoms with van der Waals surface area (Å²) in [6.45, 7) is 4.00. The first-order valence-corrected chi connectivity index (χ1v) is 5.08. The molecule has 2 aliphatic heterocycles. The van der Waals surface area contributed by atoms with Crippen LogP contribution in [0.25, 0.3) is 0 Å². The van der Waals surface area contributed by atoms with E-state index in [4.69, 9.17) is 0 Å². The van der Waals surface area contributed by atoms with E-state index in [-0.39, 0.29) is 0 Å². The van der Waals surface area contributed by atoms with Crippen molar-refractivity contribution in [1.82, 2.24) is 10.2 Å². The van der Waals surface area contributed by atoms with Crippen molar-refractivity contribution < 1.29 is 0 Å². The van der Waals surface area contributed by atoms with E-state index in [0.29, 0.717) is 0 Å². The highest BCUT2D eigenvalue weighted by molar-refractivity contribution is 7.99. The average molecular weight is 160 g/mol. The smallest absolute Gasteiger partial charge is 0.0773 e. The van der Waals surface area contributed by atoms with E-state index >= 15 is 0 Å². The topological polar surface area (TPSA) is 15.0 Å². The van der Waals surface area contributed by atoms with E-state index in [1.807, 2.05) is 25.6 Å². The van der Waals surface area contributed by atoms with Crippen LogP contribution in [0.5, 0.6) is 0 Å². The monoisotopic (exact) mass is 160 g/mol. The van der Waals surface area contributed by atoms with E-state index in [2.05, 4.69) is 17.3 Å². The van der Waals surface area contributed by atoms with Crippen LogP contribution in [0.3, 0.4) is 0 Å². The van der Waals surface area contributed by atoms with Gasteiger partial charge in [-0.1, -0.05) is 13.8 Å². The Bertz CT molecular complexity index is 95.8. The van der Waals surface area contributed by atoms with E-state index in [1.165, 1.54) is 5.75 Å². The summed E-state index contributed by atoms with van der Waals surface area (Å²) in [5.74, 6) is 2.47. The molecule has 10 heavy (non-hydrogen) atoms. The fraction of sp³-hybridized carbons (Fsp3) is 1.00. The molecule has 2 nitrogen and oxygen atoms in total. The summed E-state index contributed by atoms with van der Waals surface area (Å²) in [7, 11) is 2.17. The molecule has 0 bridgehead atoms. The van der Waals surface area contributed by atoms with E-state index in [1.54, 1.807) is 0 Å². The zero-order chi connectivity index (χ0) is 7.56. The average Bonchev–Trinajstić information content (AvgIpc) is 2.68. The normalized spacial score (nSPS) is 42.9. The van der Waals surface area contributed by atoms with E-state index < -0.39 is 0 Å². The number of nitrogens with zero attached hydrogens (tertiary/aromatic N) is 1. The molecule has 0 amide bonds. The molecule has 2 heterocycles. The van der Waals surface area contributed by atoms with E-state index in [9.17, 15) is 0 Å². The Hall–Kier alpha value is 0.270. The Labute approximate surface area is 67.4 Å². The minimum absolute atomic E-state index is 0.733. The van der Waals surface area contributed by atoms with Gasteiger partial charge in [0.25, 0.3) is 0 Å². The second-order valence-electron chi connectivity index (χ2n) is 2.40. The van der Waals surface area contributed by atoms with Crippen LogP contribution in [0.4, 0.5) is 0 Å². The molecule has 0 spiro atoms. The lowest BCUT2D eigenvalue weighted by atomic mass is 10.5. The van der Waals surface area contributed by atoms with Crippen LogP contribution in [0, 0.1) is 0 Å². The first-order valence-electron chi connectivity index (χ1n) is 3.92. The minimum atomic E-state index is 0.733. The number of rotatable bonds is 0. The van der Waals surface area contributed by atoms with Crippen molar-refractivity contribution in [3.8, 4) is 0 Å². The zero-order valence-electron chi connectivity index (χ0n) is 6.92. The molecule has 3 heteroatoms. The van der Waals surface area contributed by atoms with Gasteiger partial charge < -0.3 is 0 Å². The Balaban J connectivity index is 0.000000231. The third-order valence-electron chi connectivity index (χ3n) is 1.92. The molecule has 0 aromatic heterocycles. The van der Waals surface area contributed by atoms with Gasteiger partial charge in [-0.05, 0) is 7.05 Å². The maximum atomic E-state index is 3.39. The number of likely N-dealkylation sites (N-methyl/N-ethyl adjacent to an activating group) is 1. The van der Waals surface area contributed by atoms with Gasteiger partial charge in [-0.3, -0.25) is 10.2 Å². The first kappa shape index (κ1) is 8.37. The molecule has 0 aliphatic carbocycles. The number of fused-ring (bicyclic) bond motifs is 1. The molecule has 0 radical (unpaired) electrons. The molecule has 2 saturated heterocycles. The lowest BCUT2D eigenvalue weighted by molar-refractivity contribution is 0.559. The van der Waals surface area contributed by atoms with Gasteiger partial charge in [-0.25, -0.2) is 0 Å². The molecular formula is C7H16N2S. The second-order valence-corrected chi connectivity index (χ2v) is 3.43. The van der Waals surface area contributed by atoms with Gasteiger partial charge in [0.05, 0.1) is 6.17 Å². The quantitative estimate of drug-likeness (QED) is 0.531. The van der Waals surface area contributed by atoms with Crippen molar-refractivity contribution >= 4 is 11.8 Å². The van der Waals surface area contributed by atoms with Crippen LogP contribution in [-0.4, -0.2) is 35.8 Å². The molecule has 0 aromatic carbocycles. The molecule has 3 unspecified atom stereocenters. The van der Waals surface area contributed by atoms with Crippen LogP contribution in [0.2, 0.25) is 0 Å². The summed E-state index contributed by atoms with van der Waals surface area (Å²) in [5, 5.41) is 3.39. The largest absolute Gasteiger partial charge is 0.291 e. The van der Waals surface area contributed by atoms with Crippen molar-refractivity contribution in [1.29, 1.82) is 0 Å². The van der Waals surface area contributed by atoms with Crippen molar-refractivity contribution in [2.75, 3.05) is 18.7 Å². The van der Waals surface area contributed by atoms with Gasteiger partial charge in [0.2, 0.25) is 0 Å². The Morgan fingerprint density at radius 3 is 2.60 bits per heavy atom. The van der Waals surface area contributed by atoms with Crippen LogP contribution in [-0.2, 0) is 0 Å². The number of hydrogen-bond acceptors (Lipinski definition) is 3. The summed E-state index contributed by atoms with van der Waals surface area (Å²) in [6.07, 6.45) is 0.733. The molecule has 0 saturated carbocycles. The summed E-state index contributed by atoms with van der Waals surface area (Å²) in [6, 6.07) is 0.855. The Morgan fingerprint density at radius 2 is 2.20 bits per heavy atom. The third kappa shape index (κ3) is 1.47. The van der Waals surface area contributed by atoms with E-state index in [0.717, 1.165) is 18.1 Å². The summed E-state index contributed by atoms with van der Waals surface area (Å²) in [5.41, 5.74) is 0. The fourth-order valence-electron chi connectivity index (χ4n) is 1.22. The number of nitrogens with one attached hydrogen (secondary N) is 1. The van der Waals surface area contributed by atoms with Gasteiger partial charge in [0.1, 0.15) is 0 Å². The van der Waals surface area contributed by atoms with Gasteiger partial charge in [-0.15, -0.1) is 11.8 Å². The molecular weight excluding hydrogens is 144 g/mol. The predicted molar refractivity (Wildman–Crippen MR) is 47.1 cm³/mol. The highest BCUT2D eigenvalue weighted by atomic mass is 32.2. The Kier molecular flexibility index (Phi) is 3.01. The van der Waals surface area contributed by atoms with Crippen LogP contribution < -0.4 is 5.32 Å². The van der Waals surface area contributed by atoms with Crippen LogP contribution in [0.15, 0.2) is 0 Å². The van der Waals surface area contributed by atoms with Gasteiger partial charge >= 0.3 is 0 Å². The molecule has 1 N–H and O–H groups in total. The molecule has 2 aliphatic rings. The highest BCUT2D eigenvalue weighted by Gasteiger charge is 2.45. The molecule has 3 atom stereocenters. The van der Waals surface area contributed by atoms with Crippen LogP contribution in [0.1, 0.15) is 13.8 Å². The van der Waals surface area contributed by atoms with Crippen molar-refractivity contribution in [2.24, 2.45) is 0 Å². The maximum absolute atomic E-state index is 3.39. The summed E-state index contributed by atoms with van der Waals surface area (Å²) >= 11 is 2.00. The summed E-state index contributed by atoms with van der Waals surface area (Å²) < 4.78 is 0. The minimum Gasteiger partial charge on any atom is -0.291 e. The van der Waals surface area contributed by atoms with Gasteiger partial charge in [0, 0.05) is 17.7 Å². The van der Waals surface area contributed by atoms with Crippen LogP contribution >= 0.6 is 11.8 Å². The maximum Gasteiger partial charge on any atom is 0.0773 e. The Morgan fingerprint density at radius 1 is 1.50 bits per heavy atom. The molecule has 2 rings (SSSR count).